The fourth-order valence-electron chi connectivity index (χ4n) is 1.31. The first-order chi connectivity index (χ1) is 9.06. The molecule has 2 rings (SSSR count). The number of tetrazole rings is 1. The van der Waals surface area contributed by atoms with Crippen LogP contribution < -0.4 is 5.32 Å². The monoisotopic (exact) mass is 297 g/mol. The number of hydrogen-bond donors (Lipinski definition) is 1. The van der Waals surface area contributed by atoms with Gasteiger partial charge in [0.2, 0.25) is 11.1 Å². The summed E-state index contributed by atoms with van der Waals surface area (Å²) in [4.78, 5) is 12.0. The van der Waals surface area contributed by atoms with Gasteiger partial charge in [-0.2, -0.15) is 0 Å². The number of rotatable bonds is 4. The molecule has 1 N–H and O–H groups in total. The fourth-order valence-corrected chi connectivity index (χ4v) is 2.19. The van der Waals surface area contributed by atoms with Crippen molar-refractivity contribution >= 4 is 35.0 Å². The van der Waals surface area contributed by atoms with E-state index in [2.05, 4.69) is 20.8 Å². The number of nitrogens with zero attached hydrogens (tertiary/aromatic N) is 4. The van der Waals surface area contributed by atoms with E-state index in [4.69, 9.17) is 11.6 Å². The third-order valence-electron chi connectivity index (χ3n) is 2.34. The summed E-state index contributed by atoms with van der Waals surface area (Å²) in [7, 11) is 1.73. The van der Waals surface area contributed by atoms with Crippen LogP contribution in [0.2, 0.25) is 5.02 Å². The van der Waals surface area contributed by atoms with Gasteiger partial charge in [0, 0.05) is 17.8 Å². The Bertz CT molecular complexity index is 571. The largest absolute Gasteiger partial charge is 0.325 e. The maximum atomic E-state index is 12.0. The normalized spacial score (nSPS) is 12.2. The van der Waals surface area contributed by atoms with Crippen LogP contribution >= 0.6 is 23.4 Å². The molecule has 1 aromatic carbocycles. The number of amides is 1. The van der Waals surface area contributed by atoms with Crippen LogP contribution in [-0.2, 0) is 11.8 Å². The van der Waals surface area contributed by atoms with Crippen molar-refractivity contribution in [3.05, 3.63) is 29.3 Å². The van der Waals surface area contributed by atoms with Crippen LogP contribution in [0.1, 0.15) is 6.92 Å². The topological polar surface area (TPSA) is 72.7 Å². The SMILES string of the molecule is CC(Sc1nnnn1C)C(=O)Nc1ccc(Cl)cc1. The second-order valence-electron chi connectivity index (χ2n) is 3.84. The number of anilines is 1. The van der Waals surface area contributed by atoms with Gasteiger partial charge < -0.3 is 5.32 Å². The van der Waals surface area contributed by atoms with E-state index in [-0.39, 0.29) is 11.2 Å². The molecule has 0 spiro atoms. The van der Waals surface area contributed by atoms with Gasteiger partial charge in [-0.15, -0.1) is 5.10 Å². The quantitative estimate of drug-likeness (QED) is 0.874. The van der Waals surface area contributed by atoms with Crippen LogP contribution in [0.15, 0.2) is 29.4 Å². The van der Waals surface area contributed by atoms with Crippen molar-refractivity contribution in [3.8, 4) is 0 Å². The van der Waals surface area contributed by atoms with Gasteiger partial charge in [-0.05, 0) is 41.6 Å². The van der Waals surface area contributed by atoms with Gasteiger partial charge in [0.05, 0.1) is 5.25 Å². The first kappa shape index (κ1) is 13.8. The molecular weight excluding hydrogens is 286 g/mol. The lowest BCUT2D eigenvalue weighted by molar-refractivity contribution is -0.115. The van der Waals surface area contributed by atoms with Crippen LogP contribution in [-0.4, -0.2) is 31.4 Å². The van der Waals surface area contributed by atoms with Gasteiger partial charge in [0.25, 0.3) is 0 Å². The van der Waals surface area contributed by atoms with Crippen LogP contribution in [0.25, 0.3) is 0 Å². The molecular formula is C11H12ClN5OS. The zero-order valence-corrected chi connectivity index (χ0v) is 11.9. The predicted octanol–water partition coefficient (Wildman–Crippen LogP) is 1.98. The van der Waals surface area contributed by atoms with E-state index in [1.165, 1.54) is 16.4 Å². The van der Waals surface area contributed by atoms with E-state index < -0.39 is 0 Å². The molecule has 100 valence electrons. The molecule has 0 fully saturated rings. The first-order valence-corrected chi connectivity index (χ1v) is 6.77. The van der Waals surface area contributed by atoms with Gasteiger partial charge in [-0.3, -0.25) is 4.79 Å². The molecule has 1 heterocycles. The maximum Gasteiger partial charge on any atom is 0.237 e. The molecule has 0 aliphatic carbocycles. The Morgan fingerprint density at radius 2 is 2.11 bits per heavy atom. The van der Waals surface area contributed by atoms with E-state index in [1.807, 2.05) is 0 Å². The van der Waals surface area contributed by atoms with E-state index in [0.29, 0.717) is 15.9 Å². The second-order valence-corrected chi connectivity index (χ2v) is 5.59. The number of aryl methyl sites for hydroxylation is 1. The van der Waals surface area contributed by atoms with Crippen LogP contribution in [0.4, 0.5) is 5.69 Å². The average molecular weight is 298 g/mol. The molecule has 6 nitrogen and oxygen atoms in total. The zero-order chi connectivity index (χ0) is 13.8. The molecule has 0 aliphatic heterocycles. The molecule has 0 radical (unpaired) electrons. The van der Waals surface area contributed by atoms with Crippen molar-refractivity contribution in [2.75, 3.05) is 5.32 Å². The van der Waals surface area contributed by atoms with Crippen molar-refractivity contribution in [3.63, 3.8) is 0 Å². The minimum absolute atomic E-state index is 0.115. The van der Waals surface area contributed by atoms with Crippen molar-refractivity contribution in [1.82, 2.24) is 20.2 Å². The molecule has 1 amide bonds. The van der Waals surface area contributed by atoms with E-state index in [0.717, 1.165) is 0 Å². The molecule has 8 heteroatoms. The number of carbonyl (C=O) groups is 1. The summed E-state index contributed by atoms with van der Waals surface area (Å²) in [6.45, 7) is 1.80. The van der Waals surface area contributed by atoms with E-state index >= 15 is 0 Å². The summed E-state index contributed by atoms with van der Waals surface area (Å²) >= 11 is 7.08. The molecule has 0 bridgehead atoms. The van der Waals surface area contributed by atoms with Crippen LogP contribution in [0.5, 0.6) is 0 Å². The Kier molecular flexibility index (Phi) is 4.39. The summed E-state index contributed by atoms with van der Waals surface area (Å²) < 4.78 is 1.52. The van der Waals surface area contributed by atoms with Crippen LogP contribution in [0.3, 0.4) is 0 Å². The van der Waals surface area contributed by atoms with Gasteiger partial charge >= 0.3 is 0 Å². The smallest absolute Gasteiger partial charge is 0.237 e. The van der Waals surface area contributed by atoms with E-state index in [1.54, 1.807) is 38.2 Å². The van der Waals surface area contributed by atoms with Gasteiger partial charge in [-0.25, -0.2) is 4.68 Å². The van der Waals surface area contributed by atoms with Crippen LogP contribution in [0, 0.1) is 0 Å². The van der Waals surface area contributed by atoms with Crippen molar-refractivity contribution in [1.29, 1.82) is 0 Å². The molecule has 0 saturated heterocycles. The Morgan fingerprint density at radius 3 is 2.68 bits per heavy atom. The number of hydrogen-bond acceptors (Lipinski definition) is 5. The molecule has 2 aromatic rings. The Labute approximate surface area is 119 Å². The highest BCUT2D eigenvalue weighted by atomic mass is 35.5. The third kappa shape index (κ3) is 3.68. The average Bonchev–Trinajstić information content (AvgIpc) is 2.78. The minimum atomic E-state index is -0.305. The Hall–Kier alpha value is -1.60. The number of thioether (sulfide) groups is 1. The van der Waals surface area contributed by atoms with Crippen molar-refractivity contribution in [2.45, 2.75) is 17.3 Å². The Balaban J connectivity index is 1.96. The molecule has 1 atom stereocenters. The summed E-state index contributed by atoms with van der Waals surface area (Å²) in [6, 6.07) is 6.95. The molecule has 0 saturated carbocycles. The highest BCUT2D eigenvalue weighted by Crippen LogP contribution is 2.21. The standard InChI is InChI=1S/C11H12ClN5OS/c1-7(19-11-14-15-16-17(11)2)10(18)13-9-5-3-8(12)4-6-9/h3-7H,1-2H3,(H,13,18). The first-order valence-electron chi connectivity index (χ1n) is 5.51. The number of benzene rings is 1. The van der Waals surface area contributed by atoms with Gasteiger partial charge in [-0.1, -0.05) is 23.4 Å². The molecule has 1 unspecified atom stereocenters. The lowest BCUT2D eigenvalue weighted by Crippen LogP contribution is -2.22. The lowest BCUT2D eigenvalue weighted by atomic mass is 10.3. The molecule has 19 heavy (non-hydrogen) atoms. The fraction of sp³-hybridized carbons (Fsp3) is 0.273. The summed E-state index contributed by atoms with van der Waals surface area (Å²) in [5, 5.41) is 14.8. The summed E-state index contributed by atoms with van der Waals surface area (Å²) in [5.74, 6) is -0.115. The molecule has 1 aromatic heterocycles. The highest BCUT2D eigenvalue weighted by molar-refractivity contribution is 8.00. The summed E-state index contributed by atoms with van der Waals surface area (Å²) in [5.41, 5.74) is 0.706. The Morgan fingerprint density at radius 1 is 1.42 bits per heavy atom. The van der Waals surface area contributed by atoms with Gasteiger partial charge in [0.15, 0.2) is 0 Å². The molecule has 0 aliphatic rings. The number of halogens is 1. The highest BCUT2D eigenvalue weighted by Gasteiger charge is 2.17. The van der Waals surface area contributed by atoms with Crippen molar-refractivity contribution in [2.24, 2.45) is 7.05 Å². The number of aromatic nitrogens is 4. The third-order valence-corrected chi connectivity index (χ3v) is 3.72. The zero-order valence-electron chi connectivity index (χ0n) is 10.4. The maximum absolute atomic E-state index is 12.0. The van der Waals surface area contributed by atoms with Crippen molar-refractivity contribution < 1.29 is 4.79 Å². The van der Waals surface area contributed by atoms with E-state index in [9.17, 15) is 4.79 Å². The predicted molar refractivity (Wildman–Crippen MR) is 74.2 cm³/mol. The summed E-state index contributed by atoms with van der Waals surface area (Å²) in [6.07, 6.45) is 0. The lowest BCUT2D eigenvalue weighted by Gasteiger charge is -2.10. The number of nitrogens with one attached hydrogen (secondary N) is 1. The van der Waals surface area contributed by atoms with Gasteiger partial charge in [0.1, 0.15) is 0 Å². The number of carbonyl (C=O) groups excluding carboxylic acids is 1. The second kappa shape index (κ2) is 6.03. The minimum Gasteiger partial charge on any atom is -0.325 e.